The molecule has 26 heavy (non-hydrogen) atoms. The third kappa shape index (κ3) is 3.35. The highest BCUT2D eigenvalue weighted by Crippen LogP contribution is 2.26. The van der Waals surface area contributed by atoms with Gasteiger partial charge in [-0.3, -0.25) is 14.7 Å². The van der Waals surface area contributed by atoms with Crippen LogP contribution in [0.1, 0.15) is 21.8 Å². The molecule has 1 amide bonds. The summed E-state index contributed by atoms with van der Waals surface area (Å²) in [5.74, 6) is 0.483. The Morgan fingerprint density at radius 1 is 1.08 bits per heavy atom. The van der Waals surface area contributed by atoms with Crippen LogP contribution in [0.15, 0.2) is 53.1 Å². The molecule has 0 atom stereocenters. The lowest BCUT2D eigenvalue weighted by atomic mass is 10.1. The van der Waals surface area contributed by atoms with E-state index >= 15 is 0 Å². The first-order chi connectivity index (χ1) is 12.7. The summed E-state index contributed by atoms with van der Waals surface area (Å²) >= 11 is 0. The van der Waals surface area contributed by atoms with Crippen LogP contribution in [0.2, 0.25) is 0 Å². The molecule has 1 aliphatic heterocycles. The van der Waals surface area contributed by atoms with Gasteiger partial charge in [0.25, 0.3) is 5.91 Å². The van der Waals surface area contributed by atoms with Crippen molar-refractivity contribution in [3.63, 3.8) is 0 Å². The zero-order valence-corrected chi connectivity index (χ0v) is 15.0. The fourth-order valence-corrected chi connectivity index (χ4v) is 3.52. The number of piperazine rings is 1. The number of fused-ring (bicyclic) bond motifs is 1. The van der Waals surface area contributed by atoms with Crippen LogP contribution in [-0.4, -0.2) is 53.4 Å². The number of hydrogen-bond acceptors (Lipinski definition) is 4. The van der Waals surface area contributed by atoms with Gasteiger partial charge in [-0.15, -0.1) is 0 Å². The molecule has 0 aliphatic carbocycles. The number of pyridine rings is 1. The molecule has 0 unspecified atom stereocenters. The van der Waals surface area contributed by atoms with E-state index in [0.717, 1.165) is 61.4 Å². The van der Waals surface area contributed by atoms with E-state index in [0.29, 0.717) is 5.76 Å². The van der Waals surface area contributed by atoms with Crippen molar-refractivity contribution in [3.8, 4) is 0 Å². The number of amides is 1. The second kappa shape index (κ2) is 7.30. The second-order valence-corrected chi connectivity index (χ2v) is 6.76. The van der Waals surface area contributed by atoms with E-state index < -0.39 is 0 Å². The maximum atomic E-state index is 12.9. The molecule has 2 aromatic heterocycles. The summed E-state index contributed by atoms with van der Waals surface area (Å²) < 4.78 is 5.83. The van der Waals surface area contributed by atoms with Crippen LogP contribution < -0.4 is 0 Å². The molecule has 0 spiro atoms. The van der Waals surface area contributed by atoms with Gasteiger partial charge < -0.3 is 9.32 Å². The molecule has 0 saturated carbocycles. The number of benzene rings is 1. The summed E-state index contributed by atoms with van der Waals surface area (Å²) in [6, 6.07) is 13.8. The molecular weight excluding hydrogens is 326 g/mol. The van der Waals surface area contributed by atoms with Crippen LogP contribution in [0, 0.1) is 6.92 Å². The van der Waals surface area contributed by atoms with Gasteiger partial charge in [0.15, 0.2) is 5.76 Å². The van der Waals surface area contributed by atoms with Gasteiger partial charge in [-0.05, 0) is 25.1 Å². The lowest BCUT2D eigenvalue weighted by Gasteiger charge is -2.34. The molecule has 3 heterocycles. The smallest absolute Gasteiger partial charge is 0.289 e. The van der Waals surface area contributed by atoms with Gasteiger partial charge in [0, 0.05) is 62.0 Å². The van der Waals surface area contributed by atoms with Gasteiger partial charge in [-0.2, -0.15) is 0 Å². The van der Waals surface area contributed by atoms with Crippen LogP contribution in [-0.2, 0) is 6.42 Å². The Kier molecular flexibility index (Phi) is 4.71. The molecule has 1 saturated heterocycles. The molecule has 0 bridgehead atoms. The van der Waals surface area contributed by atoms with Crippen LogP contribution in [0.25, 0.3) is 11.0 Å². The SMILES string of the molecule is Cc1c(C(=O)N2CCN(CCc3ccccn3)CC2)oc2ccccc12. The third-order valence-corrected chi connectivity index (χ3v) is 5.11. The lowest BCUT2D eigenvalue weighted by Crippen LogP contribution is -2.49. The minimum absolute atomic E-state index is 0.00285. The number of nitrogens with zero attached hydrogens (tertiary/aromatic N) is 3. The third-order valence-electron chi connectivity index (χ3n) is 5.11. The Labute approximate surface area is 153 Å². The average Bonchev–Trinajstić information content (AvgIpc) is 3.04. The summed E-state index contributed by atoms with van der Waals surface area (Å²) in [4.78, 5) is 21.6. The first-order valence-corrected chi connectivity index (χ1v) is 9.12. The van der Waals surface area contributed by atoms with Gasteiger partial charge in [0.1, 0.15) is 5.58 Å². The first kappa shape index (κ1) is 16.8. The van der Waals surface area contributed by atoms with E-state index in [-0.39, 0.29) is 5.91 Å². The molecule has 1 aliphatic rings. The lowest BCUT2D eigenvalue weighted by molar-refractivity contribution is 0.0608. The monoisotopic (exact) mass is 349 g/mol. The minimum atomic E-state index is 0.00285. The maximum Gasteiger partial charge on any atom is 0.289 e. The van der Waals surface area contributed by atoms with E-state index in [2.05, 4.69) is 16.0 Å². The highest BCUT2D eigenvalue weighted by atomic mass is 16.3. The standard InChI is InChI=1S/C21H23N3O2/c1-16-18-7-2-3-8-19(18)26-20(16)21(25)24-14-12-23(13-15-24)11-9-17-6-4-5-10-22-17/h2-8,10H,9,11-15H2,1H3. The van der Waals surface area contributed by atoms with E-state index in [1.54, 1.807) is 0 Å². The average molecular weight is 349 g/mol. The molecule has 134 valence electrons. The summed E-state index contributed by atoms with van der Waals surface area (Å²) in [7, 11) is 0. The van der Waals surface area contributed by atoms with E-state index in [1.165, 1.54) is 0 Å². The maximum absolute atomic E-state index is 12.9. The highest BCUT2D eigenvalue weighted by Gasteiger charge is 2.26. The van der Waals surface area contributed by atoms with E-state index in [9.17, 15) is 4.79 Å². The summed E-state index contributed by atoms with van der Waals surface area (Å²) in [5, 5.41) is 1.02. The predicted molar refractivity (Wildman–Crippen MR) is 101 cm³/mol. The van der Waals surface area contributed by atoms with Crippen molar-refractivity contribution < 1.29 is 9.21 Å². The number of rotatable bonds is 4. The normalized spacial score (nSPS) is 15.5. The molecule has 4 rings (SSSR count). The van der Waals surface area contributed by atoms with Gasteiger partial charge in [0.05, 0.1) is 0 Å². The predicted octanol–water partition coefficient (Wildman–Crippen LogP) is 3.14. The zero-order chi connectivity index (χ0) is 17.9. The molecular formula is C21H23N3O2. The molecule has 1 fully saturated rings. The Morgan fingerprint density at radius 2 is 1.85 bits per heavy atom. The molecule has 1 aromatic carbocycles. The van der Waals surface area contributed by atoms with Crippen molar-refractivity contribution in [1.29, 1.82) is 0 Å². The fraction of sp³-hybridized carbons (Fsp3) is 0.333. The van der Waals surface area contributed by atoms with Gasteiger partial charge >= 0.3 is 0 Å². The van der Waals surface area contributed by atoms with Crippen LogP contribution in [0.5, 0.6) is 0 Å². The number of carbonyl (C=O) groups is 1. The largest absolute Gasteiger partial charge is 0.451 e. The van der Waals surface area contributed by atoms with E-state index in [4.69, 9.17) is 4.42 Å². The number of furan rings is 1. The summed E-state index contributed by atoms with van der Waals surface area (Å²) in [5.41, 5.74) is 2.83. The fourth-order valence-electron chi connectivity index (χ4n) is 3.52. The van der Waals surface area contributed by atoms with Crippen molar-refractivity contribution in [2.24, 2.45) is 0 Å². The van der Waals surface area contributed by atoms with Crippen molar-refractivity contribution in [2.45, 2.75) is 13.3 Å². The summed E-state index contributed by atoms with van der Waals surface area (Å²) in [6.45, 7) is 6.18. The Balaban J connectivity index is 1.36. The topological polar surface area (TPSA) is 49.6 Å². The molecule has 5 heteroatoms. The first-order valence-electron chi connectivity index (χ1n) is 9.12. The van der Waals surface area contributed by atoms with Crippen molar-refractivity contribution in [1.82, 2.24) is 14.8 Å². The number of aromatic nitrogens is 1. The zero-order valence-electron chi connectivity index (χ0n) is 15.0. The Hall–Kier alpha value is -2.66. The van der Waals surface area contributed by atoms with Crippen molar-refractivity contribution >= 4 is 16.9 Å². The number of hydrogen-bond donors (Lipinski definition) is 0. The van der Waals surface area contributed by atoms with Crippen molar-refractivity contribution in [2.75, 3.05) is 32.7 Å². The minimum Gasteiger partial charge on any atom is -0.451 e. The molecule has 3 aromatic rings. The highest BCUT2D eigenvalue weighted by molar-refractivity contribution is 5.98. The quantitative estimate of drug-likeness (QED) is 0.726. The number of aryl methyl sites for hydroxylation is 1. The van der Waals surface area contributed by atoms with E-state index in [1.807, 2.05) is 54.4 Å². The molecule has 5 nitrogen and oxygen atoms in total. The second-order valence-electron chi connectivity index (χ2n) is 6.76. The van der Waals surface area contributed by atoms with Crippen LogP contribution in [0.4, 0.5) is 0 Å². The van der Waals surface area contributed by atoms with Crippen LogP contribution in [0.3, 0.4) is 0 Å². The van der Waals surface area contributed by atoms with Gasteiger partial charge in [-0.1, -0.05) is 24.3 Å². The van der Waals surface area contributed by atoms with Crippen LogP contribution >= 0.6 is 0 Å². The number of para-hydroxylation sites is 1. The molecule has 0 radical (unpaired) electrons. The Morgan fingerprint density at radius 3 is 2.58 bits per heavy atom. The Bertz CT molecular complexity index is 896. The summed E-state index contributed by atoms with van der Waals surface area (Å²) in [6.07, 6.45) is 2.78. The van der Waals surface area contributed by atoms with Gasteiger partial charge in [0.2, 0.25) is 0 Å². The number of carbonyl (C=O) groups excluding carboxylic acids is 1. The van der Waals surface area contributed by atoms with Gasteiger partial charge in [-0.25, -0.2) is 0 Å². The van der Waals surface area contributed by atoms with Crippen molar-refractivity contribution in [3.05, 3.63) is 65.7 Å². The molecule has 0 N–H and O–H groups in total.